The van der Waals surface area contributed by atoms with E-state index in [0.29, 0.717) is 0 Å². The van der Waals surface area contributed by atoms with E-state index in [9.17, 15) is 27.6 Å². The molecule has 122 valence electrons. The molecule has 0 bridgehead atoms. The second-order valence-corrected chi connectivity index (χ2v) is 4.85. The van der Waals surface area contributed by atoms with Crippen LogP contribution in [0.1, 0.15) is 36.6 Å². The Morgan fingerprint density at radius 1 is 0.917 bits per heavy atom. The minimum atomic E-state index is -4.50. The number of carbonyl (C=O) groups is 3. The SMILES string of the molecule is O=C(Oc1ccc2c(c1)C(=O)OC2=O)c1ccc(C(F)(F)F)cc1. The number of benzene rings is 2. The number of hydrogen-bond acceptors (Lipinski definition) is 5. The summed E-state index contributed by atoms with van der Waals surface area (Å²) in [6, 6.07) is 7.18. The fourth-order valence-corrected chi connectivity index (χ4v) is 2.09. The van der Waals surface area contributed by atoms with E-state index in [1.165, 1.54) is 12.1 Å². The van der Waals surface area contributed by atoms with Gasteiger partial charge in [0.2, 0.25) is 0 Å². The Bertz CT molecular complexity index is 853. The first kappa shape index (κ1) is 15.7. The molecule has 3 rings (SSSR count). The topological polar surface area (TPSA) is 69.7 Å². The molecule has 1 aliphatic heterocycles. The molecule has 0 amide bonds. The number of hydrogen-bond donors (Lipinski definition) is 0. The van der Waals surface area contributed by atoms with Crippen LogP contribution in [0.5, 0.6) is 5.75 Å². The van der Waals surface area contributed by atoms with Gasteiger partial charge >= 0.3 is 24.1 Å². The van der Waals surface area contributed by atoms with Gasteiger partial charge in [0.1, 0.15) is 5.75 Å². The van der Waals surface area contributed by atoms with Crippen molar-refractivity contribution in [3.05, 3.63) is 64.7 Å². The van der Waals surface area contributed by atoms with Crippen molar-refractivity contribution in [1.29, 1.82) is 0 Å². The van der Waals surface area contributed by atoms with Gasteiger partial charge in [-0.15, -0.1) is 0 Å². The monoisotopic (exact) mass is 336 g/mol. The minimum absolute atomic E-state index is 0.0368. The summed E-state index contributed by atoms with van der Waals surface area (Å²) in [7, 11) is 0. The first-order valence-corrected chi connectivity index (χ1v) is 6.56. The summed E-state index contributed by atoms with van der Waals surface area (Å²) in [6.45, 7) is 0. The molecular weight excluding hydrogens is 329 g/mol. The van der Waals surface area contributed by atoms with Crippen LogP contribution in [0.15, 0.2) is 42.5 Å². The quantitative estimate of drug-likeness (QED) is 0.478. The molecule has 0 radical (unpaired) electrons. The highest BCUT2D eigenvalue weighted by atomic mass is 19.4. The van der Waals surface area contributed by atoms with Gasteiger partial charge in [-0.25, -0.2) is 14.4 Å². The predicted molar refractivity (Wildman–Crippen MR) is 72.6 cm³/mol. The zero-order chi connectivity index (χ0) is 17.5. The fourth-order valence-electron chi connectivity index (χ4n) is 2.09. The first-order chi connectivity index (χ1) is 11.3. The van der Waals surface area contributed by atoms with E-state index in [0.717, 1.165) is 30.3 Å². The summed E-state index contributed by atoms with van der Waals surface area (Å²) >= 11 is 0. The summed E-state index contributed by atoms with van der Waals surface area (Å²) in [6.07, 6.45) is -4.50. The number of fused-ring (bicyclic) bond motifs is 1. The molecule has 1 heterocycles. The summed E-state index contributed by atoms with van der Waals surface area (Å²) < 4.78 is 46.8. The number of halogens is 3. The van der Waals surface area contributed by atoms with Crippen molar-refractivity contribution < 1.29 is 37.0 Å². The number of cyclic esters (lactones) is 2. The summed E-state index contributed by atoms with van der Waals surface area (Å²) in [4.78, 5) is 34.7. The molecule has 0 N–H and O–H groups in total. The minimum Gasteiger partial charge on any atom is -0.423 e. The molecule has 0 aromatic heterocycles. The van der Waals surface area contributed by atoms with Crippen molar-refractivity contribution in [2.75, 3.05) is 0 Å². The Morgan fingerprint density at radius 3 is 2.17 bits per heavy atom. The van der Waals surface area contributed by atoms with Gasteiger partial charge in [0.25, 0.3) is 0 Å². The van der Waals surface area contributed by atoms with Gasteiger partial charge in [0, 0.05) is 0 Å². The van der Waals surface area contributed by atoms with Gasteiger partial charge in [0.05, 0.1) is 22.3 Å². The van der Waals surface area contributed by atoms with Gasteiger partial charge in [0.15, 0.2) is 0 Å². The van der Waals surface area contributed by atoms with Gasteiger partial charge in [-0.2, -0.15) is 13.2 Å². The largest absolute Gasteiger partial charge is 0.423 e. The molecule has 0 fully saturated rings. The Morgan fingerprint density at radius 2 is 1.54 bits per heavy atom. The second kappa shape index (κ2) is 5.48. The van der Waals surface area contributed by atoms with Crippen LogP contribution in [-0.2, 0) is 10.9 Å². The highest BCUT2D eigenvalue weighted by Crippen LogP contribution is 2.29. The number of ether oxygens (including phenoxy) is 2. The molecule has 2 aromatic rings. The molecule has 5 nitrogen and oxygen atoms in total. The summed E-state index contributed by atoms with van der Waals surface area (Å²) in [5.41, 5.74) is -0.980. The molecular formula is C16H7F3O5. The lowest BCUT2D eigenvalue weighted by Crippen LogP contribution is -2.10. The standard InChI is InChI=1S/C16H7F3O5/c17-16(18,19)9-3-1-8(2-4-9)13(20)23-10-5-6-11-12(7-10)15(22)24-14(11)21/h1-7H. The van der Waals surface area contributed by atoms with Crippen LogP contribution in [0.3, 0.4) is 0 Å². The van der Waals surface area contributed by atoms with Crippen molar-refractivity contribution in [2.24, 2.45) is 0 Å². The van der Waals surface area contributed by atoms with Crippen molar-refractivity contribution >= 4 is 17.9 Å². The third kappa shape index (κ3) is 2.85. The number of esters is 3. The van der Waals surface area contributed by atoms with Crippen LogP contribution in [-0.4, -0.2) is 17.9 Å². The van der Waals surface area contributed by atoms with Crippen molar-refractivity contribution in [3.63, 3.8) is 0 Å². The molecule has 24 heavy (non-hydrogen) atoms. The van der Waals surface area contributed by atoms with Crippen molar-refractivity contribution in [1.82, 2.24) is 0 Å². The number of alkyl halides is 3. The highest BCUT2D eigenvalue weighted by Gasteiger charge is 2.31. The van der Waals surface area contributed by atoms with E-state index in [-0.39, 0.29) is 22.4 Å². The summed E-state index contributed by atoms with van der Waals surface area (Å²) in [5.74, 6) is -2.59. The average Bonchev–Trinajstić information content (AvgIpc) is 2.81. The van der Waals surface area contributed by atoms with E-state index in [1.54, 1.807) is 0 Å². The Hall–Kier alpha value is -3.16. The van der Waals surface area contributed by atoms with Gasteiger partial charge in [-0.1, -0.05) is 0 Å². The number of carbonyl (C=O) groups excluding carboxylic acids is 3. The molecule has 2 aromatic carbocycles. The lowest BCUT2D eigenvalue weighted by Gasteiger charge is -2.08. The molecule has 0 unspecified atom stereocenters. The molecule has 0 spiro atoms. The van der Waals surface area contributed by atoms with E-state index in [1.807, 2.05) is 0 Å². The average molecular weight is 336 g/mol. The van der Waals surface area contributed by atoms with Crippen LogP contribution >= 0.6 is 0 Å². The van der Waals surface area contributed by atoms with E-state index < -0.39 is 29.6 Å². The predicted octanol–water partition coefficient (Wildman–Crippen LogP) is 3.24. The van der Waals surface area contributed by atoms with Gasteiger partial charge in [-0.3, -0.25) is 0 Å². The lowest BCUT2D eigenvalue weighted by molar-refractivity contribution is -0.137. The highest BCUT2D eigenvalue weighted by molar-refractivity contribution is 6.14. The van der Waals surface area contributed by atoms with E-state index in [2.05, 4.69) is 4.74 Å². The molecule has 0 atom stereocenters. The van der Waals surface area contributed by atoms with Crippen molar-refractivity contribution in [2.45, 2.75) is 6.18 Å². The molecule has 0 saturated carbocycles. The molecule has 0 aliphatic carbocycles. The molecule has 0 saturated heterocycles. The Balaban J connectivity index is 1.79. The third-order valence-corrected chi connectivity index (χ3v) is 3.27. The van der Waals surface area contributed by atoms with Crippen LogP contribution in [0.2, 0.25) is 0 Å². The van der Waals surface area contributed by atoms with Crippen molar-refractivity contribution in [3.8, 4) is 5.75 Å². The lowest BCUT2D eigenvalue weighted by atomic mass is 10.1. The number of rotatable bonds is 2. The van der Waals surface area contributed by atoms with Crippen LogP contribution in [0.4, 0.5) is 13.2 Å². The normalized spacial score (nSPS) is 13.5. The maximum atomic E-state index is 12.5. The zero-order valence-electron chi connectivity index (χ0n) is 11.7. The maximum Gasteiger partial charge on any atom is 0.416 e. The van der Waals surface area contributed by atoms with Crippen LogP contribution < -0.4 is 4.74 Å². The smallest absolute Gasteiger partial charge is 0.416 e. The zero-order valence-corrected chi connectivity index (χ0v) is 11.7. The third-order valence-electron chi connectivity index (χ3n) is 3.27. The second-order valence-electron chi connectivity index (χ2n) is 4.85. The van der Waals surface area contributed by atoms with Crippen LogP contribution in [0, 0.1) is 0 Å². The van der Waals surface area contributed by atoms with Crippen LogP contribution in [0.25, 0.3) is 0 Å². The first-order valence-electron chi connectivity index (χ1n) is 6.56. The maximum absolute atomic E-state index is 12.5. The Kier molecular flexibility index (Phi) is 3.59. The van der Waals surface area contributed by atoms with E-state index >= 15 is 0 Å². The van der Waals surface area contributed by atoms with E-state index in [4.69, 9.17) is 4.74 Å². The van der Waals surface area contributed by atoms with Gasteiger partial charge < -0.3 is 9.47 Å². The summed E-state index contributed by atoms with van der Waals surface area (Å²) in [5, 5.41) is 0. The molecule has 8 heteroatoms. The van der Waals surface area contributed by atoms with Gasteiger partial charge in [-0.05, 0) is 42.5 Å². The molecule has 1 aliphatic rings. The fraction of sp³-hybridized carbons (Fsp3) is 0.0625. The Labute approximate surface area is 132 Å².